The highest BCUT2D eigenvalue weighted by Gasteiger charge is 2.26. The molecule has 152 valence electrons. The summed E-state index contributed by atoms with van der Waals surface area (Å²) < 4.78 is 11.0. The normalized spacial score (nSPS) is 15.3. The molecule has 1 aliphatic rings. The van der Waals surface area contributed by atoms with Crippen LogP contribution in [0.2, 0.25) is 0 Å². The van der Waals surface area contributed by atoms with E-state index < -0.39 is 5.63 Å². The smallest absolute Gasteiger partial charge is 0.339 e. The summed E-state index contributed by atoms with van der Waals surface area (Å²) in [5.41, 5.74) is 8.47. The van der Waals surface area contributed by atoms with Crippen LogP contribution in [0.1, 0.15) is 36.0 Å². The number of nitrogens with two attached hydrogens (primary N) is 1. The van der Waals surface area contributed by atoms with Crippen LogP contribution in [-0.2, 0) is 16.0 Å². The lowest BCUT2D eigenvalue weighted by molar-refractivity contribution is -0.134. The van der Waals surface area contributed by atoms with Gasteiger partial charge in [0.05, 0.1) is 6.26 Å². The monoisotopic (exact) mass is 396 g/mol. The molecule has 3 heterocycles. The molecule has 2 amide bonds. The molecule has 4 rings (SSSR count). The van der Waals surface area contributed by atoms with E-state index in [9.17, 15) is 14.4 Å². The van der Waals surface area contributed by atoms with Gasteiger partial charge in [-0.25, -0.2) is 4.79 Å². The van der Waals surface area contributed by atoms with Crippen molar-refractivity contribution < 1.29 is 18.4 Å². The second-order valence-corrected chi connectivity index (χ2v) is 7.81. The minimum atomic E-state index is -0.419. The molecule has 1 aromatic carbocycles. The van der Waals surface area contributed by atoms with Crippen molar-refractivity contribution >= 4 is 33.8 Å². The van der Waals surface area contributed by atoms with Crippen LogP contribution in [0.25, 0.3) is 21.9 Å². The van der Waals surface area contributed by atoms with E-state index >= 15 is 0 Å². The number of amides is 2. The summed E-state index contributed by atoms with van der Waals surface area (Å²) in [4.78, 5) is 38.1. The van der Waals surface area contributed by atoms with Crippen molar-refractivity contribution in [3.8, 4) is 0 Å². The standard InChI is InChI=1S/C22H24N2O5/c1-12-11-28-18-10-19-17(9-16(12)18)13(2)15(22(27)29-19)3-4-20(25)24-7-5-14(6-8-24)21(23)26/h9-11,14H,3-8H2,1-2H3,(H2,23,26). The van der Waals surface area contributed by atoms with Crippen LogP contribution in [0, 0.1) is 19.8 Å². The van der Waals surface area contributed by atoms with Gasteiger partial charge in [0.25, 0.3) is 0 Å². The van der Waals surface area contributed by atoms with Crippen molar-refractivity contribution in [2.24, 2.45) is 11.7 Å². The number of hydrogen-bond donors (Lipinski definition) is 1. The van der Waals surface area contributed by atoms with Gasteiger partial charge in [0.1, 0.15) is 11.2 Å². The highest BCUT2D eigenvalue weighted by molar-refractivity contribution is 5.96. The molecule has 0 spiro atoms. The van der Waals surface area contributed by atoms with Crippen molar-refractivity contribution in [2.75, 3.05) is 13.1 Å². The second kappa shape index (κ2) is 7.39. The number of likely N-dealkylation sites (tertiary alicyclic amines) is 1. The number of carbonyl (C=O) groups is 2. The van der Waals surface area contributed by atoms with Gasteiger partial charge < -0.3 is 19.5 Å². The third kappa shape index (κ3) is 3.52. The zero-order valence-electron chi connectivity index (χ0n) is 16.6. The molecule has 3 aromatic rings. The number of benzene rings is 1. The van der Waals surface area contributed by atoms with Crippen LogP contribution < -0.4 is 11.4 Å². The first kappa shape index (κ1) is 19.2. The van der Waals surface area contributed by atoms with E-state index in [1.807, 2.05) is 19.9 Å². The number of furan rings is 1. The Labute approximate surface area is 167 Å². The van der Waals surface area contributed by atoms with Crippen LogP contribution in [0.5, 0.6) is 0 Å². The number of aryl methyl sites for hydroxylation is 2. The molecule has 0 bridgehead atoms. The van der Waals surface area contributed by atoms with E-state index in [-0.39, 0.29) is 24.2 Å². The lowest BCUT2D eigenvalue weighted by Gasteiger charge is -2.30. The molecule has 29 heavy (non-hydrogen) atoms. The first-order valence-electron chi connectivity index (χ1n) is 9.86. The third-order valence-electron chi connectivity index (χ3n) is 6.01. The predicted octanol–water partition coefficient (Wildman–Crippen LogP) is 2.81. The quantitative estimate of drug-likeness (QED) is 0.683. The molecular formula is C22H24N2O5. The minimum Gasteiger partial charge on any atom is -0.464 e. The summed E-state index contributed by atoms with van der Waals surface area (Å²) in [5, 5.41) is 1.83. The highest BCUT2D eigenvalue weighted by Crippen LogP contribution is 2.29. The van der Waals surface area contributed by atoms with E-state index in [0.29, 0.717) is 49.1 Å². The van der Waals surface area contributed by atoms with Gasteiger partial charge >= 0.3 is 5.63 Å². The lowest BCUT2D eigenvalue weighted by Crippen LogP contribution is -2.41. The van der Waals surface area contributed by atoms with E-state index in [1.54, 1.807) is 17.2 Å². The SMILES string of the molecule is Cc1coc2cc3oc(=O)c(CCC(=O)N4CCC(C(N)=O)CC4)c(C)c3cc12. The van der Waals surface area contributed by atoms with Crippen LogP contribution in [0.3, 0.4) is 0 Å². The van der Waals surface area contributed by atoms with Gasteiger partial charge in [-0.1, -0.05) is 0 Å². The average molecular weight is 396 g/mol. The lowest BCUT2D eigenvalue weighted by atomic mass is 9.95. The summed E-state index contributed by atoms with van der Waals surface area (Å²) in [7, 11) is 0. The Morgan fingerprint density at radius 1 is 1.14 bits per heavy atom. The Bertz CT molecular complexity index is 1170. The Morgan fingerprint density at radius 2 is 1.86 bits per heavy atom. The molecule has 1 aliphatic heterocycles. The maximum absolute atomic E-state index is 12.6. The maximum Gasteiger partial charge on any atom is 0.339 e. The first-order chi connectivity index (χ1) is 13.8. The summed E-state index contributed by atoms with van der Waals surface area (Å²) in [6.07, 6.45) is 3.42. The highest BCUT2D eigenvalue weighted by atomic mass is 16.4. The largest absolute Gasteiger partial charge is 0.464 e. The van der Waals surface area contributed by atoms with Gasteiger partial charge in [0, 0.05) is 47.8 Å². The molecule has 7 nitrogen and oxygen atoms in total. The fourth-order valence-electron chi connectivity index (χ4n) is 4.13. The van der Waals surface area contributed by atoms with Gasteiger partial charge in [-0.3, -0.25) is 9.59 Å². The second-order valence-electron chi connectivity index (χ2n) is 7.81. The molecule has 1 saturated heterocycles. The third-order valence-corrected chi connectivity index (χ3v) is 6.01. The van der Waals surface area contributed by atoms with Crippen LogP contribution >= 0.6 is 0 Å². The number of carbonyl (C=O) groups excluding carboxylic acids is 2. The molecule has 0 radical (unpaired) electrons. The Morgan fingerprint density at radius 3 is 2.55 bits per heavy atom. The average Bonchev–Trinajstić information content (AvgIpc) is 3.06. The number of primary amides is 1. The Hall–Kier alpha value is -3.09. The van der Waals surface area contributed by atoms with E-state index in [0.717, 1.165) is 21.9 Å². The summed E-state index contributed by atoms with van der Waals surface area (Å²) in [5.74, 6) is -0.478. The Balaban J connectivity index is 1.54. The first-order valence-corrected chi connectivity index (χ1v) is 9.86. The summed E-state index contributed by atoms with van der Waals surface area (Å²) in [6.45, 7) is 4.90. The molecule has 2 N–H and O–H groups in total. The van der Waals surface area contributed by atoms with Crippen LogP contribution in [-0.4, -0.2) is 29.8 Å². The number of rotatable bonds is 4. The fraction of sp³-hybridized carbons (Fsp3) is 0.409. The number of nitrogens with zero attached hydrogens (tertiary/aromatic N) is 1. The molecule has 0 atom stereocenters. The van der Waals surface area contributed by atoms with Gasteiger partial charge in [0.2, 0.25) is 11.8 Å². The van der Waals surface area contributed by atoms with Gasteiger partial charge in [0.15, 0.2) is 0 Å². The minimum absolute atomic E-state index is 0.0204. The molecule has 2 aromatic heterocycles. The van der Waals surface area contributed by atoms with E-state index in [4.69, 9.17) is 14.6 Å². The number of piperidine rings is 1. The molecule has 7 heteroatoms. The Kier molecular flexibility index (Phi) is 4.90. The van der Waals surface area contributed by atoms with Crippen molar-refractivity contribution in [1.82, 2.24) is 4.90 Å². The molecule has 1 fully saturated rings. The van der Waals surface area contributed by atoms with E-state index in [1.165, 1.54) is 0 Å². The van der Waals surface area contributed by atoms with Gasteiger partial charge in [-0.15, -0.1) is 0 Å². The molecule has 0 saturated carbocycles. The summed E-state index contributed by atoms with van der Waals surface area (Å²) >= 11 is 0. The van der Waals surface area contributed by atoms with E-state index in [2.05, 4.69) is 0 Å². The van der Waals surface area contributed by atoms with Crippen LogP contribution in [0.15, 0.2) is 32.0 Å². The van der Waals surface area contributed by atoms with Gasteiger partial charge in [-0.05, 0) is 50.3 Å². The topological polar surface area (TPSA) is 107 Å². The van der Waals surface area contributed by atoms with Crippen molar-refractivity contribution in [1.29, 1.82) is 0 Å². The van der Waals surface area contributed by atoms with Crippen molar-refractivity contribution in [2.45, 2.75) is 39.5 Å². The molecule has 0 unspecified atom stereocenters. The van der Waals surface area contributed by atoms with Crippen molar-refractivity contribution in [3.05, 3.63) is 45.5 Å². The number of fused-ring (bicyclic) bond motifs is 2. The number of hydrogen-bond acceptors (Lipinski definition) is 5. The maximum atomic E-state index is 12.6. The van der Waals surface area contributed by atoms with Crippen LogP contribution in [0.4, 0.5) is 0 Å². The predicted molar refractivity (Wildman–Crippen MR) is 109 cm³/mol. The van der Waals surface area contributed by atoms with Gasteiger partial charge in [-0.2, -0.15) is 0 Å². The van der Waals surface area contributed by atoms with Crippen molar-refractivity contribution in [3.63, 3.8) is 0 Å². The molecule has 0 aliphatic carbocycles. The molecular weight excluding hydrogens is 372 g/mol. The zero-order valence-corrected chi connectivity index (χ0v) is 16.6. The zero-order chi connectivity index (χ0) is 20.7. The fourth-order valence-corrected chi connectivity index (χ4v) is 4.13. The summed E-state index contributed by atoms with van der Waals surface area (Å²) in [6, 6.07) is 3.71.